The van der Waals surface area contributed by atoms with Gasteiger partial charge in [-0.2, -0.15) is 0 Å². The van der Waals surface area contributed by atoms with E-state index in [4.69, 9.17) is 0 Å². The quantitative estimate of drug-likeness (QED) is 0.861. The Bertz CT molecular complexity index is 783. The van der Waals surface area contributed by atoms with Crippen LogP contribution in [-0.2, 0) is 11.3 Å². The minimum Gasteiger partial charge on any atom is -0.340 e. The van der Waals surface area contributed by atoms with E-state index in [0.29, 0.717) is 12.1 Å². The summed E-state index contributed by atoms with van der Waals surface area (Å²) in [5, 5.41) is 2.92. The maximum Gasteiger partial charge on any atom is 0.252 e. The highest BCUT2D eigenvalue weighted by molar-refractivity contribution is 5.98. The van der Waals surface area contributed by atoms with Crippen LogP contribution in [-0.4, -0.2) is 29.8 Å². The third-order valence-electron chi connectivity index (χ3n) is 4.65. The lowest BCUT2D eigenvalue weighted by molar-refractivity contribution is -0.133. The fourth-order valence-electron chi connectivity index (χ4n) is 2.92. The second kappa shape index (κ2) is 8.65. The fraction of sp³-hybridized carbons (Fsp3) is 0.364. The van der Waals surface area contributed by atoms with Crippen LogP contribution < -0.4 is 5.32 Å². The molecular formula is C22H28N2O2. The second-order valence-electron chi connectivity index (χ2n) is 7.13. The average molecular weight is 352 g/mol. The average Bonchev–Trinajstić information content (AvgIpc) is 2.61. The first-order valence-electron chi connectivity index (χ1n) is 8.97. The number of nitrogens with zero attached hydrogens (tertiary/aromatic N) is 1. The van der Waals surface area contributed by atoms with Gasteiger partial charge < -0.3 is 10.2 Å². The molecule has 0 aliphatic carbocycles. The Morgan fingerprint density at radius 2 is 1.54 bits per heavy atom. The number of hydrogen-bond donors (Lipinski definition) is 1. The van der Waals surface area contributed by atoms with E-state index in [1.54, 1.807) is 18.0 Å². The van der Waals surface area contributed by atoms with Crippen molar-refractivity contribution in [2.45, 2.75) is 40.3 Å². The molecule has 4 nitrogen and oxygen atoms in total. The first-order valence-corrected chi connectivity index (χ1v) is 8.97. The zero-order valence-electron chi connectivity index (χ0n) is 16.2. The van der Waals surface area contributed by atoms with E-state index in [9.17, 15) is 9.59 Å². The summed E-state index contributed by atoms with van der Waals surface area (Å²) < 4.78 is 0. The van der Waals surface area contributed by atoms with Crippen molar-refractivity contribution in [2.24, 2.45) is 5.92 Å². The van der Waals surface area contributed by atoms with E-state index in [1.165, 1.54) is 0 Å². The number of hydrogen-bond acceptors (Lipinski definition) is 2. The summed E-state index contributed by atoms with van der Waals surface area (Å²) in [6, 6.07) is 14.9. The topological polar surface area (TPSA) is 49.4 Å². The molecule has 0 saturated carbocycles. The van der Waals surface area contributed by atoms with Crippen LogP contribution >= 0.6 is 0 Å². The minimum atomic E-state index is -0.559. The maximum absolute atomic E-state index is 13.0. The SMILES string of the molecule is Cc1ccccc1CN(C)C(=O)C(NC(=O)c1ccccc1C)C(C)C. The molecule has 1 atom stereocenters. The molecule has 0 aliphatic heterocycles. The van der Waals surface area contributed by atoms with Gasteiger partial charge in [0.25, 0.3) is 5.91 Å². The van der Waals surface area contributed by atoms with Gasteiger partial charge in [0.05, 0.1) is 0 Å². The standard InChI is InChI=1S/C22H28N2O2/c1-15(2)20(23-21(25)19-13-9-7-11-17(19)4)22(26)24(5)14-18-12-8-6-10-16(18)3/h6-13,15,20H,14H2,1-5H3,(H,23,25). The van der Waals surface area contributed by atoms with Gasteiger partial charge in [0.15, 0.2) is 0 Å². The van der Waals surface area contributed by atoms with Crippen LogP contribution in [0.2, 0.25) is 0 Å². The molecule has 0 radical (unpaired) electrons. The highest BCUT2D eigenvalue weighted by Crippen LogP contribution is 2.14. The van der Waals surface area contributed by atoms with E-state index >= 15 is 0 Å². The van der Waals surface area contributed by atoms with Crippen molar-refractivity contribution in [3.05, 3.63) is 70.8 Å². The van der Waals surface area contributed by atoms with Crippen molar-refractivity contribution in [1.29, 1.82) is 0 Å². The highest BCUT2D eigenvalue weighted by Gasteiger charge is 2.27. The molecule has 0 aromatic heterocycles. The zero-order chi connectivity index (χ0) is 19.3. The predicted octanol–water partition coefficient (Wildman–Crippen LogP) is 3.72. The fourth-order valence-corrected chi connectivity index (χ4v) is 2.92. The van der Waals surface area contributed by atoms with Gasteiger partial charge in [0, 0.05) is 19.2 Å². The largest absolute Gasteiger partial charge is 0.340 e. The van der Waals surface area contributed by atoms with Gasteiger partial charge >= 0.3 is 0 Å². The van der Waals surface area contributed by atoms with Crippen LogP contribution in [0.3, 0.4) is 0 Å². The first kappa shape index (κ1) is 19.7. The van der Waals surface area contributed by atoms with E-state index < -0.39 is 6.04 Å². The summed E-state index contributed by atoms with van der Waals surface area (Å²) in [5.74, 6) is -0.292. The van der Waals surface area contributed by atoms with Crippen LogP contribution in [0.5, 0.6) is 0 Å². The van der Waals surface area contributed by atoms with Gasteiger partial charge in [0.2, 0.25) is 5.91 Å². The van der Waals surface area contributed by atoms with Crippen molar-refractivity contribution >= 4 is 11.8 Å². The summed E-state index contributed by atoms with van der Waals surface area (Å²) in [6.07, 6.45) is 0. The van der Waals surface area contributed by atoms with E-state index in [1.807, 2.05) is 70.2 Å². The lowest BCUT2D eigenvalue weighted by Crippen LogP contribution is -2.50. The third-order valence-corrected chi connectivity index (χ3v) is 4.65. The number of nitrogens with one attached hydrogen (secondary N) is 1. The number of amides is 2. The Morgan fingerprint density at radius 3 is 2.12 bits per heavy atom. The molecule has 1 N–H and O–H groups in total. The molecule has 138 valence electrons. The van der Waals surface area contributed by atoms with Crippen molar-refractivity contribution in [1.82, 2.24) is 10.2 Å². The number of benzene rings is 2. The predicted molar refractivity (Wildman–Crippen MR) is 105 cm³/mol. The Labute approximate surface area is 156 Å². The number of likely N-dealkylation sites (N-methyl/N-ethyl adjacent to an activating group) is 1. The van der Waals surface area contributed by atoms with E-state index in [-0.39, 0.29) is 17.7 Å². The Morgan fingerprint density at radius 1 is 0.962 bits per heavy atom. The normalized spacial score (nSPS) is 11.9. The molecule has 0 fully saturated rings. The Kier molecular flexibility index (Phi) is 6.56. The zero-order valence-corrected chi connectivity index (χ0v) is 16.2. The van der Waals surface area contributed by atoms with Crippen LogP contribution in [0, 0.1) is 19.8 Å². The number of rotatable bonds is 6. The van der Waals surface area contributed by atoms with Crippen molar-refractivity contribution < 1.29 is 9.59 Å². The van der Waals surface area contributed by atoms with Crippen molar-refractivity contribution in [3.63, 3.8) is 0 Å². The van der Waals surface area contributed by atoms with Gasteiger partial charge in [-0.1, -0.05) is 56.3 Å². The summed E-state index contributed by atoms with van der Waals surface area (Å²) in [5.41, 5.74) is 3.76. The molecule has 2 amide bonds. The van der Waals surface area contributed by atoms with Gasteiger partial charge in [-0.15, -0.1) is 0 Å². The van der Waals surface area contributed by atoms with E-state index in [0.717, 1.165) is 16.7 Å². The first-order chi connectivity index (χ1) is 12.3. The molecule has 2 aromatic rings. The summed E-state index contributed by atoms with van der Waals surface area (Å²) in [4.78, 5) is 27.3. The molecule has 0 bridgehead atoms. The molecule has 0 spiro atoms. The number of aryl methyl sites for hydroxylation is 2. The van der Waals surface area contributed by atoms with Gasteiger partial charge in [-0.25, -0.2) is 0 Å². The Hall–Kier alpha value is -2.62. The maximum atomic E-state index is 13.0. The smallest absolute Gasteiger partial charge is 0.252 e. The third kappa shape index (κ3) is 4.72. The minimum absolute atomic E-state index is 0.00483. The Balaban J connectivity index is 2.13. The van der Waals surface area contributed by atoms with Crippen molar-refractivity contribution in [3.8, 4) is 0 Å². The summed E-state index contributed by atoms with van der Waals surface area (Å²) in [6.45, 7) is 8.35. The molecule has 26 heavy (non-hydrogen) atoms. The molecule has 0 heterocycles. The van der Waals surface area contributed by atoms with Gasteiger partial charge in [-0.3, -0.25) is 9.59 Å². The van der Waals surface area contributed by atoms with Crippen LogP contribution in [0.15, 0.2) is 48.5 Å². The van der Waals surface area contributed by atoms with Crippen LogP contribution in [0.4, 0.5) is 0 Å². The van der Waals surface area contributed by atoms with Crippen molar-refractivity contribution in [2.75, 3.05) is 7.05 Å². The van der Waals surface area contributed by atoms with Crippen LogP contribution in [0.1, 0.15) is 40.9 Å². The monoisotopic (exact) mass is 352 g/mol. The molecule has 1 unspecified atom stereocenters. The lowest BCUT2D eigenvalue weighted by Gasteiger charge is -2.27. The number of carbonyl (C=O) groups is 2. The molecule has 2 aromatic carbocycles. The molecule has 0 saturated heterocycles. The second-order valence-corrected chi connectivity index (χ2v) is 7.13. The van der Waals surface area contributed by atoms with Crippen LogP contribution in [0.25, 0.3) is 0 Å². The van der Waals surface area contributed by atoms with Gasteiger partial charge in [0.1, 0.15) is 6.04 Å². The summed E-state index contributed by atoms with van der Waals surface area (Å²) in [7, 11) is 1.78. The van der Waals surface area contributed by atoms with Gasteiger partial charge in [-0.05, 0) is 42.5 Å². The molecule has 4 heteroatoms. The number of carbonyl (C=O) groups excluding carboxylic acids is 2. The lowest BCUT2D eigenvalue weighted by atomic mass is 10.0. The highest BCUT2D eigenvalue weighted by atomic mass is 16.2. The molecular weight excluding hydrogens is 324 g/mol. The summed E-state index contributed by atoms with van der Waals surface area (Å²) >= 11 is 0. The molecule has 2 rings (SSSR count). The van der Waals surface area contributed by atoms with E-state index in [2.05, 4.69) is 5.32 Å². The molecule has 0 aliphatic rings.